The van der Waals surface area contributed by atoms with E-state index in [0.717, 1.165) is 5.52 Å². The zero-order valence-corrected chi connectivity index (χ0v) is 7.68. The van der Waals surface area contributed by atoms with Crippen molar-refractivity contribution in [1.82, 2.24) is 4.57 Å². The van der Waals surface area contributed by atoms with Gasteiger partial charge in [-0.05, 0) is 11.4 Å². The molecule has 0 bridgehead atoms. The zero-order valence-electron chi connectivity index (χ0n) is 6.87. The molecule has 68 valence electrons. The van der Waals surface area contributed by atoms with Gasteiger partial charge in [-0.1, -0.05) is 0 Å². The van der Waals surface area contributed by atoms with Crippen LogP contribution in [-0.2, 0) is 6.54 Å². The number of thiophene rings is 1. The van der Waals surface area contributed by atoms with E-state index in [1.165, 1.54) is 17.4 Å². The number of fused-ring (bicyclic) bond motifs is 1. The first-order chi connectivity index (χ1) is 6.33. The Kier molecular flexibility index (Phi) is 2.14. The fourth-order valence-electron chi connectivity index (χ4n) is 1.31. The number of aromatic nitrogens is 1. The maximum absolute atomic E-state index is 12.1. The monoisotopic (exact) mass is 197 g/mol. The van der Waals surface area contributed by atoms with E-state index < -0.39 is 6.67 Å². The third-order valence-corrected chi connectivity index (χ3v) is 2.83. The molecule has 0 aliphatic heterocycles. The molecule has 0 N–H and O–H groups in total. The molecule has 0 unspecified atom stereocenters. The van der Waals surface area contributed by atoms with Crippen LogP contribution in [-0.4, -0.2) is 11.2 Å². The highest BCUT2D eigenvalue weighted by atomic mass is 32.1. The van der Waals surface area contributed by atoms with E-state index in [2.05, 4.69) is 0 Å². The van der Waals surface area contributed by atoms with Crippen molar-refractivity contribution in [2.24, 2.45) is 0 Å². The highest BCUT2D eigenvalue weighted by Gasteiger charge is 2.02. The van der Waals surface area contributed by atoms with E-state index in [4.69, 9.17) is 0 Å². The van der Waals surface area contributed by atoms with Gasteiger partial charge in [0.2, 0.25) is 0 Å². The standard InChI is InChI=1S/C9H8FNOS/c10-3-5-11-4-1-8(12)9-7(11)2-6-13-9/h1-2,4,6H,3,5H2. The van der Waals surface area contributed by atoms with Gasteiger partial charge >= 0.3 is 0 Å². The molecule has 0 saturated heterocycles. The van der Waals surface area contributed by atoms with E-state index in [1.807, 2.05) is 11.4 Å². The van der Waals surface area contributed by atoms with Crippen LogP contribution in [0, 0.1) is 0 Å². The van der Waals surface area contributed by atoms with Crippen molar-refractivity contribution in [3.8, 4) is 0 Å². The molecule has 2 aromatic rings. The minimum absolute atomic E-state index is 0.0140. The lowest BCUT2D eigenvalue weighted by molar-refractivity contribution is 0.450. The second kappa shape index (κ2) is 3.30. The topological polar surface area (TPSA) is 22.0 Å². The van der Waals surface area contributed by atoms with Crippen molar-refractivity contribution in [3.05, 3.63) is 33.9 Å². The van der Waals surface area contributed by atoms with Crippen LogP contribution in [0.2, 0.25) is 0 Å². The van der Waals surface area contributed by atoms with Gasteiger partial charge in [0, 0.05) is 12.3 Å². The number of hydrogen-bond acceptors (Lipinski definition) is 2. The summed E-state index contributed by atoms with van der Waals surface area (Å²) in [5, 5.41) is 1.85. The number of halogens is 1. The molecule has 4 heteroatoms. The Balaban J connectivity index is 2.71. The predicted octanol–water partition coefficient (Wildman–Crippen LogP) is 2.03. The Morgan fingerprint density at radius 1 is 1.46 bits per heavy atom. The number of rotatable bonds is 2. The molecule has 0 aliphatic carbocycles. The van der Waals surface area contributed by atoms with Gasteiger partial charge in [0.25, 0.3) is 0 Å². The molecule has 0 radical (unpaired) electrons. The summed E-state index contributed by atoms with van der Waals surface area (Å²) in [6.07, 6.45) is 1.64. The fourth-order valence-corrected chi connectivity index (χ4v) is 2.14. The van der Waals surface area contributed by atoms with Crippen molar-refractivity contribution in [2.75, 3.05) is 6.67 Å². The minimum Gasteiger partial charge on any atom is -0.344 e. The van der Waals surface area contributed by atoms with Crippen LogP contribution < -0.4 is 5.43 Å². The normalized spacial score (nSPS) is 10.8. The second-order valence-electron chi connectivity index (χ2n) is 2.70. The third kappa shape index (κ3) is 1.37. The lowest BCUT2D eigenvalue weighted by Gasteiger charge is -2.03. The molecule has 2 heterocycles. The fraction of sp³-hybridized carbons (Fsp3) is 0.222. The van der Waals surface area contributed by atoms with Gasteiger partial charge in [0.05, 0.1) is 16.8 Å². The lowest BCUT2D eigenvalue weighted by atomic mass is 10.4. The van der Waals surface area contributed by atoms with Gasteiger partial charge < -0.3 is 4.57 Å². The molecule has 0 atom stereocenters. The molecule has 0 aliphatic rings. The first kappa shape index (κ1) is 8.44. The van der Waals surface area contributed by atoms with Gasteiger partial charge in [0.1, 0.15) is 6.67 Å². The summed E-state index contributed by atoms with van der Waals surface area (Å²) in [6.45, 7) is -0.0959. The second-order valence-corrected chi connectivity index (χ2v) is 3.61. The average Bonchev–Trinajstić information content (AvgIpc) is 2.59. The van der Waals surface area contributed by atoms with E-state index in [1.54, 1.807) is 10.8 Å². The first-order valence-electron chi connectivity index (χ1n) is 3.95. The molecule has 2 aromatic heterocycles. The number of nitrogens with zero attached hydrogens (tertiary/aromatic N) is 1. The minimum atomic E-state index is -0.409. The Bertz CT molecular complexity index is 474. The summed E-state index contributed by atoms with van der Waals surface area (Å²) < 4.78 is 14.6. The zero-order chi connectivity index (χ0) is 9.26. The highest BCUT2D eigenvalue weighted by molar-refractivity contribution is 7.17. The molecule has 0 amide bonds. The summed E-state index contributed by atoms with van der Waals surface area (Å²) in [5.41, 5.74) is 0.843. The summed E-state index contributed by atoms with van der Waals surface area (Å²) in [6, 6.07) is 3.32. The van der Waals surface area contributed by atoms with Crippen molar-refractivity contribution in [1.29, 1.82) is 0 Å². The van der Waals surface area contributed by atoms with Gasteiger partial charge in [-0.2, -0.15) is 0 Å². The van der Waals surface area contributed by atoms with E-state index in [0.29, 0.717) is 11.2 Å². The third-order valence-electron chi connectivity index (χ3n) is 1.91. The highest BCUT2D eigenvalue weighted by Crippen LogP contribution is 2.16. The molecule has 2 nitrogen and oxygen atoms in total. The van der Waals surface area contributed by atoms with Crippen molar-refractivity contribution in [2.45, 2.75) is 6.54 Å². The Morgan fingerprint density at radius 2 is 2.31 bits per heavy atom. The van der Waals surface area contributed by atoms with Gasteiger partial charge in [-0.15, -0.1) is 11.3 Å². The van der Waals surface area contributed by atoms with Crippen LogP contribution in [0.4, 0.5) is 4.39 Å². The molecular weight excluding hydrogens is 189 g/mol. The summed E-state index contributed by atoms with van der Waals surface area (Å²) in [7, 11) is 0. The summed E-state index contributed by atoms with van der Waals surface area (Å²) in [4.78, 5) is 11.3. The molecule has 0 fully saturated rings. The lowest BCUT2D eigenvalue weighted by Crippen LogP contribution is -2.06. The molecule has 0 spiro atoms. The molecular formula is C9H8FNOS. The largest absolute Gasteiger partial charge is 0.344 e. The van der Waals surface area contributed by atoms with Crippen molar-refractivity contribution < 1.29 is 4.39 Å². The molecule has 2 rings (SSSR count). The Morgan fingerprint density at radius 3 is 3.08 bits per heavy atom. The SMILES string of the molecule is O=c1ccn(CCF)c2ccsc12. The average molecular weight is 197 g/mol. The van der Waals surface area contributed by atoms with Crippen LogP contribution in [0.25, 0.3) is 10.2 Å². The van der Waals surface area contributed by atoms with Crippen LogP contribution in [0.15, 0.2) is 28.5 Å². The smallest absolute Gasteiger partial charge is 0.199 e. The van der Waals surface area contributed by atoms with E-state index >= 15 is 0 Å². The number of pyridine rings is 1. The maximum atomic E-state index is 12.1. The van der Waals surface area contributed by atoms with Crippen LogP contribution in [0.3, 0.4) is 0 Å². The van der Waals surface area contributed by atoms with Gasteiger partial charge in [-0.25, -0.2) is 4.39 Å². The quantitative estimate of drug-likeness (QED) is 0.722. The number of aryl methyl sites for hydroxylation is 1. The maximum Gasteiger partial charge on any atom is 0.199 e. The summed E-state index contributed by atoms with van der Waals surface area (Å²) in [5.74, 6) is 0. The van der Waals surface area contributed by atoms with E-state index in [-0.39, 0.29) is 5.43 Å². The molecule has 0 aromatic carbocycles. The summed E-state index contributed by atoms with van der Waals surface area (Å²) >= 11 is 1.40. The van der Waals surface area contributed by atoms with Crippen LogP contribution >= 0.6 is 11.3 Å². The Hall–Kier alpha value is -1.16. The number of alkyl halides is 1. The first-order valence-corrected chi connectivity index (χ1v) is 4.83. The van der Waals surface area contributed by atoms with Crippen LogP contribution in [0.5, 0.6) is 0 Å². The number of hydrogen-bond donors (Lipinski definition) is 0. The predicted molar refractivity (Wildman–Crippen MR) is 52.1 cm³/mol. The molecule has 13 heavy (non-hydrogen) atoms. The van der Waals surface area contributed by atoms with E-state index in [9.17, 15) is 9.18 Å². The van der Waals surface area contributed by atoms with Gasteiger partial charge in [-0.3, -0.25) is 4.79 Å². The van der Waals surface area contributed by atoms with Crippen molar-refractivity contribution >= 4 is 21.6 Å². The van der Waals surface area contributed by atoms with Crippen molar-refractivity contribution in [3.63, 3.8) is 0 Å². The molecule has 0 saturated carbocycles. The van der Waals surface area contributed by atoms with Crippen LogP contribution in [0.1, 0.15) is 0 Å². The Labute approximate surface area is 78.2 Å². The van der Waals surface area contributed by atoms with Gasteiger partial charge in [0.15, 0.2) is 5.43 Å².